The molecule has 1 aromatic heterocycles. The van der Waals surface area contributed by atoms with Gasteiger partial charge in [-0.15, -0.1) is 0 Å². The van der Waals surface area contributed by atoms with Crippen LogP contribution in [-0.4, -0.2) is 15.6 Å². The third-order valence-corrected chi connectivity index (χ3v) is 4.57. The van der Waals surface area contributed by atoms with E-state index in [2.05, 4.69) is 5.32 Å². The standard InChI is InChI=1S/C19H15FN2O3/c20-14-7-2-1-4-12(14)10-21-18(24)15-17(23)13-6-3-5-11-8-9-22(16(11)13)19(15)25/h1-7,23H,8-10H2,(H,21,24). The van der Waals surface area contributed by atoms with Crippen molar-refractivity contribution in [3.05, 3.63) is 75.3 Å². The Hall–Kier alpha value is -3.15. The maximum Gasteiger partial charge on any atom is 0.267 e. The van der Waals surface area contributed by atoms with Gasteiger partial charge in [0.2, 0.25) is 0 Å². The number of nitrogens with zero attached hydrogens (tertiary/aromatic N) is 1. The largest absolute Gasteiger partial charge is 0.506 e. The van der Waals surface area contributed by atoms with Crippen molar-refractivity contribution in [3.8, 4) is 5.75 Å². The number of aromatic nitrogens is 1. The predicted octanol–water partition coefficient (Wildman–Crippen LogP) is 2.33. The molecule has 3 aromatic rings. The van der Waals surface area contributed by atoms with E-state index in [0.717, 1.165) is 5.56 Å². The highest BCUT2D eigenvalue weighted by Crippen LogP contribution is 2.31. The number of amides is 1. The Bertz CT molecular complexity index is 1070. The molecule has 0 spiro atoms. The average Bonchev–Trinajstić information content (AvgIpc) is 3.04. The summed E-state index contributed by atoms with van der Waals surface area (Å²) in [5.41, 5.74) is 1.13. The molecule has 0 saturated carbocycles. The van der Waals surface area contributed by atoms with Crippen LogP contribution in [0.2, 0.25) is 0 Å². The van der Waals surface area contributed by atoms with Crippen LogP contribution >= 0.6 is 0 Å². The van der Waals surface area contributed by atoms with Crippen molar-refractivity contribution in [2.45, 2.75) is 19.5 Å². The smallest absolute Gasteiger partial charge is 0.267 e. The number of pyridine rings is 1. The maximum absolute atomic E-state index is 13.7. The molecular formula is C19H15FN2O3. The van der Waals surface area contributed by atoms with Crippen molar-refractivity contribution in [1.29, 1.82) is 0 Å². The van der Waals surface area contributed by atoms with Gasteiger partial charge in [-0.3, -0.25) is 9.59 Å². The lowest BCUT2D eigenvalue weighted by molar-refractivity contribution is 0.0946. The SMILES string of the molecule is O=C(NCc1ccccc1F)c1c(O)c2cccc3c2n(c1=O)CC3. The van der Waals surface area contributed by atoms with Crippen molar-refractivity contribution in [2.75, 3.05) is 0 Å². The van der Waals surface area contributed by atoms with Gasteiger partial charge in [0.05, 0.1) is 5.52 Å². The number of hydrogen-bond donors (Lipinski definition) is 2. The first-order valence-corrected chi connectivity index (χ1v) is 7.97. The summed E-state index contributed by atoms with van der Waals surface area (Å²) in [4.78, 5) is 25.1. The topological polar surface area (TPSA) is 71.3 Å². The van der Waals surface area contributed by atoms with Crippen molar-refractivity contribution < 1.29 is 14.3 Å². The Morgan fingerprint density at radius 1 is 1.20 bits per heavy atom. The fourth-order valence-corrected chi connectivity index (χ4v) is 3.33. The van der Waals surface area contributed by atoms with E-state index in [1.54, 1.807) is 30.3 Å². The van der Waals surface area contributed by atoms with Gasteiger partial charge < -0.3 is 15.0 Å². The molecule has 0 bridgehead atoms. The summed E-state index contributed by atoms with van der Waals surface area (Å²) in [7, 11) is 0. The van der Waals surface area contributed by atoms with E-state index in [4.69, 9.17) is 0 Å². The minimum atomic E-state index is -0.714. The molecular weight excluding hydrogens is 323 g/mol. The highest BCUT2D eigenvalue weighted by atomic mass is 19.1. The molecule has 0 radical (unpaired) electrons. The minimum Gasteiger partial charge on any atom is -0.506 e. The van der Waals surface area contributed by atoms with Crippen LogP contribution in [0.25, 0.3) is 10.9 Å². The van der Waals surface area contributed by atoms with E-state index in [1.807, 2.05) is 6.07 Å². The number of halogens is 1. The highest BCUT2D eigenvalue weighted by molar-refractivity contribution is 6.03. The number of hydrogen-bond acceptors (Lipinski definition) is 3. The van der Waals surface area contributed by atoms with Gasteiger partial charge in [-0.25, -0.2) is 4.39 Å². The first kappa shape index (κ1) is 15.4. The summed E-state index contributed by atoms with van der Waals surface area (Å²) < 4.78 is 15.2. The Kier molecular flexibility index (Phi) is 3.53. The molecule has 25 heavy (non-hydrogen) atoms. The molecule has 2 N–H and O–H groups in total. The van der Waals surface area contributed by atoms with Crippen molar-refractivity contribution in [3.63, 3.8) is 0 Å². The fraction of sp³-hybridized carbons (Fsp3) is 0.158. The van der Waals surface area contributed by atoms with E-state index >= 15 is 0 Å². The van der Waals surface area contributed by atoms with E-state index in [0.29, 0.717) is 29.4 Å². The number of aryl methyl sites for hydroxylation is 2. The van der Waals surface area contributed by atoms with Crippen molar-refractivity contribution in [2.24, 2.45) is 0 Å². The number of nitrogens with one attached hydrogen (secondary N) is 1. The molecule has 1 aliphatic rings. The molecule has 0 saturated heterocycles. The van der Waals surface area contributed by atoms with E-state index in [9.17, 15) is 19.1 Å². The molecule has 1 aliphatic heterocycles. The van der Waals surface area contributed by atoms with Gasteiger partial charge >= 0.3 is 0 Å². The fourth-order valence-electron chi connectivity index (χ4n) is 3.33. The normalized spacial score (nSPS) is 12.5. The second-order valence-corrected chi connectivity index (χ2v) is 6.02. The second-order valence-electron chi connectivity index (χ2n) is 6.02. The molecule has 0 atom stereocenters. The molecule has 5 nitrogen and oxygen atoms in total. The number of benzene rings is 2. The number of rotatable bonds is 3. The maximum atomic E-state index is 13.7. The van der Waals surface area contributed by atoms with Crippen LogP contribution in [0.3, 0.4) is 0 Å². The Morgan fingerprint density at radius 3 is 2.80 bits per heavy atom. The van der Waals surface area contributed by atoms with Gasteiger partial charge in [-0.2, -0.15) is 0 Å². The third-order valence-electron chi connectivity index (χ3n) is 4.57. The minimum absolute atomic E-state index is 0.0670. The van der Waals surface area contributed by atoms with Crippen molar-refractivity contribution in [1.82, 2.24) is 9.88 Å². The molecule has 1 amide bonds. The second kappa shape index (κ2) is 5.73. The van der Waals surface area contributed by atoms with Gasteiger partial charge in [-0.05, 0) is 24.1 Å². The van der Waals surface area contributed by atoms with E-state index in [1.165, 1.54) is 10.6 Å². The van der Waals surface area contributed by atoms with Crippen LogP contribution in [0, 0.1) is 5.82 Å². The molecule has 4 rings (SSSR count). The summed E-state index contributed by atoms with van der Waals surface area (Å²) in [6.07, 6.45) is 0.687. The number of carbonyl (C=O) groups excluding carboxylic acids is 1. The quantitative estimate of drug-likeness (QED) is 0.770. The van der Waals surface area contributed by atoms with Gasteiger partial charge in [-0.1, -0.05) is 30.3 Å². The van der Waals surface area contributed by atoms with Gasteiger partial charge in [0.25, 0.3) is 11.5 Å². The van der Waals surface area contributed by atoms with E-state index in [-0.39, 0.29) is 17.9 Å². The summed E-state index contributed by atoms with van der Waals surface area (Å²) in [5.74, 6) is -1.48. The first-order valence-electron chi connectivity index (χ1n) is 7.97. The van der Waals surface area contributed by atoms with E-state index < -0.39 is 17.3 Å². The van der Waals surface area contributed by atoms with Gasteiger partial charge in [0, 0.05) is 24.0 Å². The summed E-state index contributed by atoms with van der Waals surface area (Å²) >= 11 is 0. The molecule has 2 aromatic carbocycles. The molecule has 0 unspecified atom stereocenters. The number of para-hydroxylation sites is 1. The Balaban J connectivity index is 1.74. The Morgan fingerprint density at radius 2 is 2.00 bits per heavy atom. The predicted molar refractivity (Wildman–Crippen MR) is 91.1 cm³/mol. The zero-order chi connectivity index (χ0) is 17.6. The van der Waals surface area contributed by atoms with Crippen LogP contribution in [0.5, 0.6) is 5.75 Å². The lowest BCUT2D eigenvalue weighted by Gasteiger charge is -2.12. The van der Waals surface area contributed by atoms with Crippen LogP contribution in [-0.2, 0) is 19.5 Å². The molecule has 0 fully saturated rings. The van der Waals surface area contributed by atoms with Gasteiger partial charge in [0.1, 0.15) is 17.1 Å². The van der Waals surface area contributed by atoms with Crippen LogP contribution < -0.4 is 10.9 Å². The van der Waals surface area contributed by atoms with Crippen molar-refractivity contribution >= 4 is 16.8 Å². The molecule has 126 valence electrons. The van der Waals surface area contributed by atoms with Crippen LogP contribution in [0.1, 0.15) is 21.5 Å². The highest BCUT2D eigenvalue weighted by Gasteiger charge is 2.25. The average molecular weight is 338 g/mol. The Labute approximate surface area is 142 Å². The monoisotopic (exact) mass is 338 g/mol. The van der Waals surface area contributed by atoms with Gasteiger partial charge in [0.15, 0.2) is 0 Å². The van der Waals surface area contributed by atoms with Crippen LogP contribution in [0.15, 0.2) is 47.3 Å². The lowest BCUT2D eigenvalue weighted by Crippen LogP contribution is -2.32. The van der Waals surface area contributed by atoms with Crippen LogP contribution in [0.4, 0.5) is 4.39 Å². The molecule has 0 aliphatic carbocycles. The summed E-state index contributed by atoms with van der Waals surface area (Å²) in [6, 6.07) is 11.4. The number of carbonyl (C=O) groups is 1. The third kappa shape index (κ3) is 2.38. The lowest BCUT2D eigenvalue weighted by atomic mass is 10.1. The first-order chi connectivity index (χ1) is 12.1. The summed E-state index contributed by atoms with van der Waals surface area (Å²) in [6.45, 7) is 0.408. The molecule has 2 heterocycles. The zero-order valence-corrected chi connectivity index (χ0v) is 13.3. The number of aromatic hydroxyl groups is 1. The zero-order valence-electron chi connectivity index (χ0n) is 13.3. The molecule has 6 heteroatoms. The summed E-state index contributed by atoms with van der Waals surface area (Å²) in [5, 5.41) is 13.5.